The average Bonchev–Trinajstić information content (AvgIpc) is 3.50. The third-order valence-corrected chi connectivity index (χ3v) is 9.36. The third kappa shape index (κ3) is 4.60. The summed E-state index contributed by atoms with van der Waals surface area (Å²) in [5, 5.41) is 0.927. The smallest absolute Gasteiger partial charge is 0.340 e. The lowest BCUT2D eigenvalue weighted by atomic mass is 10.1. The van der Waals surface area contributed by atoms with Crippen molar-refractivity contribution in [2.45, 2.75) is 41.5 Å². The maximum absolute atomic E-state index is 13.7. The predicted molar refractivity (Wildman–Crippen MR) is 195 cm³/mol. The van der Waals surface area contributed by atoms with Crippen molar-refractivity contribution >= 4 is 45.3 Å². The van der Waals surface area contributed by atoms with Gasteiger partial charge in [-0.25, -0.2) is 28.7 Å². The van der Waals surface area contributed by atoms with Gasteiger partial charge in [-0.15, -0.1) is 0 Å². The molecule has 0 N–H and O–H groups in total. The van der Waals surface area contributed by atoms with Gasteiger partial charge in [0.1, 0.15) is 22.1 Å². The summed E-state index contributed by atoms with van der Waals surface area (Å²) < 4.78 is 18.1. The van der Waals surface area contributed by atoms with Crippen LogP contribution in [0.4, 0.5) is 11.4 Å². The lowest BCUT2D eigenvalue weighted by molar-refractivity contribution is 0.0928. The first-order valence-electron chi connectivity index (χ1n) is 16.6. The SMILES string of the molecule is CC(=O)n1c(=O)n(-c2cc(C)cc(C)c2)c2cc3c(cc21)N=c1cc2c(cc1O3)=Nc1cc3c(cc1O2)n(-c1cc(C)cc(C)c1)c(=O)n3C(C)=O. The maximum atomic E-state index is 13.7. The summed E-state index contributed by atoms with van der Waals surface area (Å²) in [6.45, 7) is 10.5. The first-order chi connectivity index (χ1) is 24.8. The fraction of sp³-hybridized carbons (Fsp3) is 0.150. The van der Waals surface area contributed by atoms with Crippen LogP contribution in [0.1, 0.15) is 45.7 Å². The molecule has 0 amide bonds. The number of hydrogen-bond donors (Lipinski definition) is 0. The number of hydrogen-bond acceptors (Lipinski definition) is 8. The molecule has 12 heteroatoms. The van der Waals surface area contributed by atoms with Crippen molar-refractivity contribution in [1.82, 2.24) is 18.3 Å². The van der Waals surface area contributed by atoms with Gasteiger partial charge < -0.3 is 9.47 Å². The first-order valence-corrected chi connectivity index (χ1v) is 16.6. The van der Waals surface area contributed by atoms with Crippen LogP contribution in [-0.2, 0) is 0 Å². The zero-order valence-electron chi connectivity index (χ0n) is 29.1. The summed E-state index contributed by atoms with van der Waals surface area (Å²) in [7, 11) is 0. The quantitative estimate of drug-likeness (QED) is 0.202. The van der Waals surface area contributed by atoms with E-state index < -0.39 is 23.2 Å². The average molecular weight is 691 g/mol. The minimum Gasteiger partial charge on any atom is -0.453 e. The molecule has 0 radical (unpaired) electrons. The predicted octanol–water partition coefficient (Wildman–Crippen LogP) is 6.57. The van der Waals surface area contributed by atoms with E-state index in [4.69, 9.17) is 19.5 Å². The summed E-state index contributed by atoms with van der Waals surface area (Å²) in [6.07, 6.45) is 0. The minimum atomic E-state index is -0.485. The summed E-state index contributed by atoms with van der Waals surface area (Å²) in [5.41, 5.74) is 6.88. The van der Waals surface area contributed by atoms with Crippen LogP contribution in [0.25, 0.3) is 33.4 Å². The Balaban J connectivity index is 1.20. The van der Waals surface area contributed by atoms with E-state index in [9.17, 15) is 19.2 Å². The van der Waals surface area contributed by atoms with Gasteiger partial charge >= 0.3 is 11.4 Å². The number of rotatable bonds is 2. The highest BCUT2D eigenvalue weighted by molar-refractivity contribution is 5.94. The second-order valence-electron chi connectivity index (χ2n) is 13.5. The molecule has 0 bridgehead atoms. The monoisotopic (exact) mass is 690 g/mol. The van der Waals surface area contributed by atoms with E-state index in [0.29, 0.717) is 78.5 Å². The van der Waals surface area contributed by atoms with Gasteiger partial charge in [-0.05, 0) is 86.3 Å². The molecule has 0 atom stereocenters. The molecule has 4 heterocycles. The van der Waals surface area contributed by atoms with Gasteiger partial charge in [0, 0.05) is 38.1 Å². The molecule has 2 aliphatic heterocycles. The number of imidazole rings is 2. The third-order valence-electron chi connectivity index (χ3n) is 9.36. The van der Waals surface area contributed by atoms with Crippen LogP contribution in [0, 0.1) is 27.7 Å². The minimum absolute atomic E-state index is 0.399. The second-order valence-corrected chi connectivity index (χ2v) is 13.5. The number of carbonyl (C=O) groups excluding carboxylic acids is 2. The molecule has 9 rings (SSSR count). The molecule has 0 unspecified atom stereocenters. The van der Waals surface area contributed by atoms with Crippen molar-refractivity contribution in [3.63, 3.8) is 0 Å². The Morgan fingerprint density at radius 1 is 0.481 bits per heavy atom. The normalized spacial score (nSPS) is 12.6. The summed E-state index contributed by atoms with van der Waals surface area (Å²) in [6, 6.07) is 21.8. The summed E-state index contributed by atoms with van der Waals surface area (Å²) in [5.74, 6) is 0.778. The fourth-order valence-electron chi connectivity index (χ4n) is 7.40. The molecule has 0 saturated carbocycles. The first kappa shape index (κ1) is 31.2. The van der Waals surface area contributed by atoms with Gasteiger partial charge in [-0.1, -0.05) is 12.1 Å². The molecular formula is C40H30N6O6. The summed E-state index contributed by atoms with van der Waals surface area (Å²) >= 11 is 0. The van der Waals surface area contributed by atoms with Crippen LogP contribution in [-0.4, -0.2) is 30.1 Å². The molecule has 2 aromatic heterocycles. The molecule has 52 heavy (non-hydrogen) atoms. The molecular weight excluding hydrogens is 660 g/mol. The number of nitrogens with zero attached hydrogens (tertiary/aromatic N) is 6. The van der Waals surface area contributed by atoms with Gasteiger partial charge in [-0.3, -0.25) is 18.7 Å². The fourth-order valence-corrected chi connectivity index (χ4v) is 7.40. The standard InChI is InChI=1S/C40H30N6O6/c1-19-7-20(2)10-25(9-19)45-33-17-37-27(13-31(33)43(23(5)47)39(45)49)41-29-16-36-30(15-35(29)51-37)42-28-14-32-34(18-38(28)52-36)46(40(50)44(32)24(6)48)26-11-21(3)8-22(4)12-26/h7-18H,1-6H3. The van der Waals surface area contributed by atoms with E-state index in [0.717, 1.165) is 31.4 Å². The number of ether oxygens (including phenoxy) is 2. The summed E-state index contributed by atoms with van der Waals surface area (Å²) in [4.78, 5) is 62.7. The molecule has 0 saturated heterocycles. The molecule has 0 spiro atoms. The van der Waals surface area contributed by atoms with Crippen molar-refractivity contribution < 1.29 is 19.1 Å². The van der Waals surface area contributed by atoms with E-state index in [1.807, 2.05) is 64.1 Å². The van der Waals surface area contributed by atoms with E-state index >= 15 is 0 Å². The van der Waals surface area contributed by atoms with Crippen LogP contribution in [0.2, 0.25) is 0 Å². The molecule has 5 aromatic carbocycles. The van der Waals surface area contributed by atoms with Crippen LogP contribution in [0.15, 0.2) is 92.4 Å². The molecule has 12 nitrogen and oxygen atoms in total. The van der Waals surface area contributed by atoms with Gasteiger partial charge in [-0.2, -0.15) is 0 Å². The van der Waals surface area contributed by atoms with Gasteiger partial charge in [0.2, 0.25) is 11.8 Å². The van der Waals surface area contributed by atoms with Crippen molar-refractivity contribution in [3.8, 4) is 34.4 Å². The lowest BCUT2D eigenvalue weighted by Gasteiger charge is -2.18. The maximum Gasteiger partial charge on any atom is 0.340 e. The van der Waals surface area contributed by atoms with E-state index in [-0.39, 0.29) is 0 Å². The molecule has 0 aliphatic carbocycles. The highest BCUT2D eigenvalue weighted by atomic mass is 16.5. The number of aromatic nitrogens is 4. The highest BCUT2D eigenvalue weighted by Gasteiger charge is 2.26. The largest absolute Gasteiger partial charge is 0.453 e. The van der Waals surface area contributed by atoms with Gasteiger partial charge in [0.15, 0.2) is 23.0 Å². The number of carbonyl (C=O) groups is 2. The van der Waals surface area contributed by atoms with Crippen LogP contribution >= 0.6 is 0 Å². The lowest BCUT2D eigenvalue weighted by Crippen LogP contribution is -2.26. The van der Waals surface area contributed by atoms with Crippen molar-refractivity contribution in [1.29, 1.82) is 0 Å². The Hall–Kier alpha value is -6.82. The van der Waals surface area contributed by atoms with Gasteiger partial charge in [0.25, 0.3) is 0 Å². The molecule has 7 aromatic rings. The zero-order valence-corrected chi connectivity index (χ0v) is 29.1. The Morgan fingerprint density at radius 3 is 1.19 bits per heavy atom. The van der Waals surface area contributed by atoms with Crippen molar-refractivity contribution in [2.24, 2.45) is 9.98 Å². The van der Waals surface area contributed by atoms with E-state index in [1.54, 1.807) is 36.4 Å². The highest BCUT2D eigenvalue weighted by Crippen LogP contribution is 2.41. The van der Waals surface area contributed by atoms with Crippen LogP contribution < -0.4 is 31.6 Å². The molecule has 256 valence electrons. The Bertz CT molecular complexity index is 2820. The number of aryl methyl sites for hydroxylation is 4. The Morgan fingerprint density at radius 2 is 0.846 bits per heavy atom. The zero-order chi connectivity index (χ0) is 36.3. The van der Waals surface area contributed by atoms with Crippen molar-refractivity contribution in [3.05, 3.63) is 127 Å². The number of fused-ring (bicyclic) bond motifs is 6. The van der Waals surface area contributed by atoms with Gasteiger partial charge in [0.05, 0.1) is 33.4 Å². The molecule has 0 fully saturated rings. The van der Waals surface area contributed by atoms with E-state index in [1.165, 1.54) is 23.0 Å². The second kappa shape index (κ2) is 10.8. The van der Waals surface area contributed by atoms with Crippen molar-refractivity contribution in [2.75, 3.05) is 0 Å². The van der Waals surface area contributed by atoms with Crippen LogP contribution in [0.5, 0.6) is 23.0 Å². The van der Waals surface area contributed by atoms with Crippen LogP contribution in [0.3, 0.4) is 0 Å². The number of benzene rings is 5. The Kier molecular flexibility index (Phi) is 6.50. The van der Waals surface area contributed by atoms with E-state index in [2.05, 4.69) is 0 Å². The topological polar surface area (TPSA) is 131 Å². The Labute approximate surface area is 294 Å². The molecule has 2 aliphatic rings.